The first kappa shape index (κ1) is 18.0. The molecule has 2 aliphatic rings. The quantitative estimate of drug-likeness (QED) is 0.321. The minimum absolute atomic E-state index is 0. The van der Waals surface area contributed by atoms with Gasteiger partial charge in [-0.25, -0.2) is 0 Å². The minimum atomic E-state index is -4.16. The van der Waals surface area contributed by atoms with Crippen molar-refractivity contribution < 1.29 is 56.9 Å². The van der Waals surface area contributed by atoms with E-state index in [0.29, 0.717) is 5.56 Å². The van der Waals surface area contributed by atoms with Crippen LogP contribution in [0.4, 0.5) is 0 Å². The fraction of sp³-hybridized carbons (Fsp3) is 0.286. The molecule has 0 aliphatic carbocycles. The molecule has 23 heavy (non-hydrogen) atoms. The van der Waals surface area contributed by atoms with Crippen molar-refractivity contribution in [3.05, 3.63) is 41.3 Å². The van der Waals surface area contributed by atoms with Crippen molar-refractivity contribution in [2.45, 2.75) is 30.7 Å². The third kappa shape index (κ3) is 3.03. The van der Waals surface area contributed by atoms with Crippen molar-refractivity contribution in [2.24, 2.45) is 0 Å². The molecular weight excluding hydrogens is 333 g/mol. The fourth-order valence-electron chi connectivity index (χ4n) is 2.70. The molecule has 1 unspecified atom stereocenters. The van der Waals surface area contributed by atoms with Crippen LogP contribution in [0.3, 0.4) is 0 Å². The molecule has 1 aromatic rings. The zero-order valence-electron chi connectivity index (χ0n) is 12.6. The number of benzene rings is 1. The first-order valence-corrected chi connectivity index (χ1v) is 7.99. The molecule has 7 nitrogen and oxygen atoms in total. The molecule has 0 radical (unpaired) electrons. The number of nitrogens with zero attached hydrogens (tertiary/aromatic N) is 1. The summed E-state index contributed by atoms with van der Waals surface area (Å²) in [6.07, 6.45) is 0.230. The third-order valence-corrected chi connectivity index (χ3v) is 5.15. The van der Waals surface area contributed by atoms with Gasteiger partial charge in [-0.1, -0.05) is 18.2 Å². The Morgan fingerprint density at radius 1 is 1.30 bits per heavy atom. The second-order valence-electron chi connectivity index (χ2n) is 5.19. The van der Waals surface area contributed by atoms with Crippen LogP contribution in [0.15, 0.2) is 40.6 Å². The molecule has 1 saturated heterocycles. The van der Waals surface area contributed by atoms with Crippen molar-refractivity contribution >= 4 is 22.0 Å². The van der Waals surface area contributed by atoms with E-state index in [2.05, 4.69) is 0 Å². The van der Waals surface area contributed by atoms with E-state index >= 15 is 0 Å². The predicted molar refractivity (Wildman–Crippen MR) is 71.4 cm³/mol. The van der Waals surface area contributed by atoms with Gasteiger partial charge < -0.3 is 19.0 Å². The van der Waals surface area contributed by atoms with E-state index in [1.807, 2.05) is 0 Å². The van der Waals surface area contributed by atoms with Crippen LogP contribution in [0.25, 0.3) is 0 Å². The van der Waals surface area contributed by atoms with Crippen LogP contribution in [0, 0.1) is 6.92 Å². The van der Waals surface area contributed by atoms with Crippen LogP contribution in [0.5, 0.6) is 0 Å². The second-order valence-corrected chi connectivity index (χ2v) is 6.70. The van der Waals surface area contributed by atoms with Gasteiger partial charge in [0.05, 0.1) is 12.0 Å². The summed E-state index contributed by atoms with van der Waals surface area (Å²) >= 11 is 0. The number of carboxylic acid groups (broad SMARTS) is 1. The maximum absolute atomic E-state index is 12.3. The number of hydrogen-bond donors (Lipinski definition) is 0. The van der Waals surface area contributed by atoms with Crippen LogP contribution in [-0.2, 0) is 23.9 Å². The summed E-state index contributed by atoms with van der Waals surface area (Å²) in [7, 11) is -4.16. The van der Waals surface area contributed by atoms with Crippen LogP contribution < -0.4 is 34.7 Å². The van der Waals surface area contributed by atoms with Crippen LogP contribution in [-0.4, -0.2) is 31.2 Å². The van der Waals surface area contributed by atoms with Crippen LogP contribution in [0.1, 0.15) is 18.4 Å². The summed E-state index contributed by atoms with van der Waals surface area (Å²) in [5, 5.41) is 11.2. The summed E-state index contributed by atoms with van der Waals surface area (Å²) in [5.41, 5.74) is -0.00568. The van der Waals surface area contributed by atoms with Gasteiger partial charge in [0.1, 0.15) is 16.4 Å². The number of fused-ring (bicyclic) bond motifs is 1. The van der Waals surface area contributed by atoms with Crippen molar-refractivity contribution in [3.8, 4) is 0 Å². The van der Waals surface area contributed by atoms with Gasteiger partial charge in [0.15, 0.2) is 0 Å². The van der Waals surface area contributed by atoms with Crippen molar-refractivity contribution in [3.63, 3.8) is 0 Å². The standard InChI is InChI=1S/C14H13NO6S.Na/c1-8-4-2-3-5-11(8)22(19,20)21-10-6-9-7-12(16)15(9)13(10)14(17)18;/h2-5,9H,6-7H2,1H3,(H,17,18);/q;+1/p-1. The largest absolute Gasteiger partial charge is 1.00 e. The second kappa shape index (κ2) is 6.27. The average Bonchev–Trinajstić information content (AvgIpc) is 2.71. The Morgan fingerprint density at radius 3 is 2.52 bits per heavy atom. The molecular formula is C14H12NNaO6S. The average molecular weight is 345 g/mol. The smallest absolute Gasteiger partial charge is 0.543 e. The summed E-state index contributed by atoms with van der Waals surface area (Å²) in [5.74, 6) is -2.25. The molecule has 0 saturated carbocycles. The zero-order chi connectivity index (χ0) is 16.1. The monoisotopic (exact) mass is 345 g/mol. The molecule has 1 atom stereocenters. The van der Waals surface area contributed by atoms with Crippen molar-refractivity contribution in [1.29, 1.82) is 0 Å². The molecule has 0 spiro atoms. The number of aryl methyl sites for hydroxylation is 1. The summed E-state index contributed by atoms with van der Waals surface area (Å²) in [6.45, 7) is 1.61. The van der Waals surface area contributed by atoms with Gasteiger partial charge in [0.2, 0.25) is 5.91 Å². The minimum Gasteiger partial charge on any atom is -0.543 e. The molecule has 116 valence electrons. The maximum atomic E-state index is 12.3. The van der Waals surface area contributed by atoms with E-state index in [-0.39, 0.29) is 65.0 Å². The molecule has 2 aliphatic heterocycles. The van der Waals surface area contributed by atoms with E-state index < -0.39 is 21.8 Å². The SMILES string of the molecule is Cc1ccccc1S(=O)(=O)OC1=C(C(=O)[O-])N2C(=O)CC2C1.[Na+]. The predicted octanol–water partition coefficient (Wildman–Crippen LogP) is -3.33. The summed E-state index contributed by atoms with van der Waals surface area (Å²) in [6, 6.07) is 5.85. The molecule has 1 aromatic carbocycles. The molecule has 9 heteroatoms. The van der Waals surface area contributed by atoms with Gasteiger partial charge >= 0.3 is 39.7 Å². The zero-order valence-corrected chi connectivity index (χ0v) is 15.4. The topological polar surface area (TPSA) is 104 Å². The first-order valence-electron chi connectivity index (χ1n) is 6.58. The normalized spacial score (nSPS) is 19.8. The number of hydrogen-bond acceptors (Lipinski definition) is 6. The van der Waals surface area contributed by atoms with Gasteiger partial charge in [-0.2, -0.15) is 8.42 Å². The van der Waals surface area contributed by atoms with Crippen molar-refractivity contribution in [1.82, 2.24) is 4.90 Å². The number of carbonyl (C=O) groups is 2. The maximum Gasteiger partial charge on any atom is 1.00 e. The number of carboxylic acids is 1. The Kier molecular flexibility index (Phi) is 4.91. The number of aliphatic carboxylic acids is 1. The number of β-lactam (4-membered cyclic amide) rings is 1. The van der Waals surface area contributed by atoms with Gasteiger partial charge in [0.25, 0.3) is 0 Å². The van der Waals surface area contributed by atoms with E-state index in [0.717, 1.165) is 4.90 Å². The van der Waals surface area contributed by atoms with E-state index in [1.54, 1.807) is 25.1 Å². The molecule has 2 heterocycles. The Bertz CT molecular complexity index is 816. The van der Waals surface area contributed by atoms with Crippen LogP contribution >= 0.6 is 0 Å². The van der Waals surface area contributed by atoms with E-state index in [4.69, 9.17) is 4.18 Å². The molecule has 1 fully saturated rings. The third-order valence-electron chi connectivity index (χ3n) is 3.74. The number of rotatable bonds is 4. The Hall–Kier alpha value is -1.35. The molecule has 0 aromatic heterocycles. The van der Waals surface area contributed by atoms with E-state index in [1.165, 1.54) is 6.07 Å². The summed E-state index contributed by atoms with van der Waals surface area (Å²) in [4.78, 5) is 23.6. The molecule has 3 rings (SSSR count). The molecule has 1 amide bonds. The fourth-order valence-corrected chi connectivity index (χ4v) is 3.91. The van der Waals surface area contributed by atoms with Crippen LogP contribution in [0.2, 0.25) is 0 Å². The molecule has 0 N–H and O–H groups in total. The number of amides is 1. The van der Waals surface area contributed by atoms with Gasteiger partial charge in [0, 0.05) is 12.8 Å². The van der Waals surface area contributed by atoms with E-state index in [9.17, 15) is 23.1 Å². The number of carbonyl (C=O) groups excluding carboxylic acids is 2. The Morgan fingerprint density at radius 2 is 1.96 bits per heavy atom. The van der Waals surface area contributed by atoms with Crippen molar-refractivity contribution in [2.75, 3.05) is 0 Å². The Balaban J connectivity index is 0.00000192. The van der Waals surface area contributed by atoms with Gasteiger partial charge in [-0.15, -0.1) is 0 Å². The summed E-state index contributed by atoms with van der Waals surface area (Å²) < 4.78 is 29.6. The first-order chi connectivity index (χ1) is 10.3. The van der Waals surface area contributed by atoms with Gasteiger partial charge in [-0.3, -0.25) is 4.79 Å². The van der Waals surface area contributed by atoms with Gasteiger partial charge in [-0.05, 0) is 18.6 Å². The Labute approximate surface area is 155 Å². The molecule has 0 bridgehead atoms.